The Labute approximate surface area is 117 Å². The van der Waals surface area contributed by atoms with Gasteiger partial charge in [0.25, 0.3) is 5.91 Å². The third kappa shape index (κ3) is 3.12. The van der Waals surface area contributed by atoms with Gasteiger partial charge in [0.2, 0.25) is 0 Å². The van der Waals surface area contributed by atoms with Crippen molar-refractivity contribution in [3.63, 3.8) is 0 Å². The third-order valence-corrected chi connectivity index (χ3v) is 3.09. The predicted octanol–water partition coefficient (Wildman–Crippen LogP) is 1.32. The van der Waals surface area contributed by atoms with Crippen LogP contribution in [-0.2, 0) is 4.74 Å². The van der Waals surface area contributed by atoms with E-state index < -0.39 is 0 Å². The molecular weight excluding hydrogens is 256 g/mol. The van der Waals surface area contributed by atoms with E-state index >= 15 is 0 Å². The number of aliphatic hydroxyl groups is 1. The predicted molar refractivity (Wildman–Crippen MR) is 76.6 cm³/mol. The van der Waals surface area contributed by atoms with E-state index in [4.69, 9.17) is 9.84 Å². The summed E-state index contributed by atoms with van der Waals surface area (Å²) in [4.78, 5) is 18.4. The number of benzene rings is 1. The van der Waals surface area contributed by atoms with Crippen molar-refractivity contribution in [1.82, 2.24) is 9.88 Å². The molecule has 0 bridgehead atoms. The molecule has 1 amide bonds. The van der Waals surface area contributed by atoms with Crippen LogP contribution in [0.4, 0.5) is 0 Å². The first-order valence-electron chi connectivity index (χ1n) is 6.50. The lowest BCUT2D eigenvalue weighted by Gasteiger charge is -2.21. The molecule has 20 heavy (non-hydrogen) atoms. The van der Waals surface area contributed by atoms with E-state index in [1.165, 1.54) is 0 Å². The molecule has 1 heterocycles. The normalized spacial score (nSPS) is 10.7. The second-order valence-corrected chi connectivity index (χ2v) is 4.39. The molecule has 2 aromatic rings. The highest BCUT2D eigenvalue weighted by atomic mass is 16.5. The van der Waals surface area contributed by atoms with Gasteiger partial charge in [-0.1, -0.05) is 18.2 Å². The quantitative estimate of drug-likeness (QED) is 0.863. The van der Waals surface area contributed by atoms with Gasteiger partial charge in [-0.25, -0.2) is 0 Å². The highest BCUT2D eigenvalue weighted by molar-refractivity contribution is 6.05. The molecule has 1 aromatic carbocycles. The first-order valence-corrected chi connectivity index (χ1v) is 6.50. The Morgan fingerprint density at radius 3 is 2.85 bits per heavy atom. The van der Waals surface area contributed by atoms with Gasteiger partial charge in [-0.3, -0.25) is 9.78 Å². The van der Waals surface area contributed by atoms with Crippen molar-refractivity contribution < 1.29 is 14.6 Å². The first-order chi connectivity index (χ1) is 9.77. The van der Waals surface area contributed by atoms with Crippen molar-refractivity contribution in [2.45, 2.75) is 0 Å². The maximum Gasteiger partial charge on any atom is 0.256 e. The molecule has 5 nitrogen and oxygen atoms in total. The summed E-state index contributed by atoms with van der Waals surface area (Å²) in [6.45, 7) is 1.09. The number of fused-ring (bicyclic) bond motifs is 1. The monoisotopic (exact) mass is 274 g/mol. The number of carbonyl (C=O) groups is 1. The van der Waals surface area contributed by atoms with Crippen LogP contribution >= 0.6 is 0 Å². The molecule has 5 heteroatoms. The van der Waals surface area contributed by atoms with Gasteiger partial charge in [-0.05, 0) is 12.1 Å². The summed E-state index contributed by atoms with van der Waals surface area (Å²) in [5, 5.41) is 10.0. The minimum Gasteiger partial charge on any atom is -0.395 e. The molecule has 0 saturated carbocycles. The van der Waals surface area contributed by atoms with E-state index in [1.54, 1.807) is 24.3 Å². The minimum absolute atomic E-state index is 0.0757. The molecule has 0 aliphatic heterocycles. The van der Waals surface area contributed by atoms with Gasteiger partial charge in [-0.2, -0.15) is 0 Å². The number of hydrogen-bond acceptors (Lipinski definition) is 4. The zero-order valence-corrected chi connectivity index (χ0v) is 11.5. The number of methoxy groups -OCH3 is 1. The summed E-state index contributed by atoms with van der Waals surface area (Å²) in [5.41, 5.74) is 1.23. The van der Waals surface area contributed by atoms with Crippen LogP contribution in [0.15, 0.2) is 36.5 Å². The number of aromatic nitrogens is 1. The Morgan fingerprint density at radius 1 is 1.30 bits per heavy atom. The van der Waals surface area contributed by atoms with Crippen molar-refractivity contribution in [3.8, 4) is 0 Å². The van der Waals surface area contributed by atoms with Crippen LogP contribution in [0.2, 0.25) is 0 Å². The van der Waals surface area contributed by atoms with E-state index in [0.717, 1.165) is 5.39 Å². The fourth-order valence-electron chi connectivity index (χ4n) is 2.08. The number of ether oxygens (including phenoxy) is 1. The molecule has 2 rings (SSSR count). The Kier molecular flexibility index (Phi) is 5.03. The largest absolute Gasteiger partial charge is 0.395 e. The van der Waals surface area contributed by atoms with Crippen LogP contribution in [0, 0.1) is 0 Å². The van der Waals surface area contributed by atoms with E-state index in [9.17, 15) is 4.79 Å². The Morgan fingerprint density at radius 2 is 2.10 bits per heavy atom. The maximum atomic E-state index is 12.6. The summed E-state index contributed by atoms with van der Waals surface area (Å²) in [6, 6.07) is 9.28. The summed E-state index contributed by atoms with van der Waals surface area (Å²) in [5.74, 6) is -0.139. The van der Waals surface area contributed by atoms with E-state index in [0.29, 0.717) is 24.2 Å². The average Bonchev–Trinajstić information content (AvgIpc) is 2.50. The summed E-state index contributed by atoms with van der Waals surface area (Å²) in [6.07, 6.45) is 1.67. The van der Waals surface area contributed by atoms with Crippen molar-refractivity contribution in [1.29, 1.82) is 0 Å². The zero-order chi connectivity index (χ0) is 14.4. The van der Waals surface area contributed by atoms with Gasteiger partial charge in [0, 0.05) is 31.8 Å². The second-order valence-electron chi connectivity index (χ2n) is 4.39. The Hall–Kier alpha value is -1.98. The highest BCUT2D eigenvalue weighted by Crippen LogP contribution is 2.17. The van der Waals surface area contributed by atoms with Gasteiger partial charge in [0.15, 0.2) is 0 Å². The van der Waals surface area contributed by atoms with Crippen LogP contribution in [0.3, 0.4) is 0 Å². The lowest BCUT2D eigenvalue weighted by molar-refractivity contribution is 0.0658. The average molecular weight is 274 g/mol. The molecule has 0 atom stereocenters. The summed E-state index contributed by atoms with van der Waals surface area (Å²) < 4.78 is 5.00. The van der Waals surface area contributed by atoms with Crippen LogP contribution < -0.4 is 0 Å². The van der Waals surface area contributed by atoms with Crippen LogP contribution in [-0.4, -0.2) is 54.3 Å². The molecule has 0 aliphatic rings. The minimum atomic E-state index is -0.139. The molecule has 1 aromatic heterocycles. The third-order valence-electron chi connectivity index (χ3n) is 3.09. The summed E-state index contributed by atoms with van der Waals surface area (Å²) in [7, 11) is 1.58. The lowest BCUT2D eigenvalue weighted by atomic mass is 10.1. The molecule has 0 unspecified atom stereocenters. The first kappa shape index (κ1) is 14.4. The number of hydrogen-bond donors (Lipinski definition) is 1. The Bertz CT molecular complexity index is 581. The van der Waals surface area contributed by atoms with E-state index in [2.05, 4.69) is 4.98 Å². The summed E-state index contributed by atoms with van der Waals surface area (Å²) >= 11 is 0. The molecule has 1 N–H and O–H groups in total. The Balaban J connectivity index is 2.33. The number of amides is 1. The van der Waals surface area contributed by atoms with Crippen LogP contribution in [0.1, 0.15) is 10.4 Å². The number of aliphatic hydroxyl groups excluding tert-OH is 1. The molecule has 0 fully saturated rings. The standard InChI is InChI=1S/C15H18N2O3/c1-20-11-9-17(8-10-18)15(19)13-6-2-4-12-5-3-7-16-14(12)13/h2-7,18H,8-11H2,1H3. The lowest BCUT2D eigenvalue weighted by Crippen LogP contribution is -2.36. The molecule has 0 aliphatic carbocycles. The number of para-hydroxylation sites is 1. The smallest absolute Gasteiger partial charge is 0.256 e. The van der Waals surface area contributed by atoms with Gasteiger partial charge < -0.3 is 14.7 Å². The van der Waals surface area contributed by atoms with Crippen molar-refractivity contribution >= 4 is 16.8 Å². The van der Waals surface area contributed by atoms with Crippen molar-refractivity contribution in [3.05, 3.63) is 42.1 Å². The SMILES string of the molecule is COCCN(CCO)C(=O)c1cccc2cccnc12. The molecule has 0 spiro atoms. The fourth-order valence-corrected chi connectivity index (χ4v) is 2.08. The topological polar surface area (TPSA) is 62.7 Å². The van der Waals surface area contributed by atoms with Gasteiger partial charge in [0.1, 0.15) is 0 Å². The van der Waals surface area contributed by atoms with Crippen LogP contribution in [0.5, 0.6) is 0 Å². The molecule has 0 radical (unpaired) electrons. The molecular formula is C15H18N2O3. The number of rotatable bonds is 6. The molecule has 106 valence electrons. The van der Waals surface area contributed by atoms with Gasteiger partial charge >= 0.3 is 0 Å². The maximum absolute atomic E-state index is 12.6. The fraction of sp³-hybridized carbons (Fsp3) is 0.333. The van der Waals surface area contributed by atoms with Crippen LogP contribution in [0.25, 0.3) is 10.9 Å². The molecule has 0 saturated heterocycles. The van der Waals surface area contributed by atoms with E-state index in [1.807, 2.05) is 24.3 Å². The van der Waals surface area contributed by atoms with Gasteiger partial charge in [0.05, 0.1) is 24.3 Å². The zero-order valence-electron chi connectivity index (χ0n) is 11.5. The number of carbonyl (C=O) groups excluding carboxylic acids is 1. The highest BCUT2D eigenvalue weighted by Gasteiger charge is 2.17. The van der Waals surface area contributed by atoms with E-state index in [-0.39, 0.29) is 19.1 Å². The van der Waals surface area contributed by atoms with Crippen molar-refractivity contribution in [2.24, 2.45) is 0 Å². The second kappa shape index (κ2) is 6.98. The number of nitrogens with zero attached hydrogens (tertiary/aromatic N) is 2. The van der Waals surface area contributed by atoms with Gasteiger partial charge in [-0.15, -0.1) is 0 Å². The number of pyridine rings is 1. The van der Waals surface area contributed by atoms with Crippen molar-refractivity contribution in [2.75, 3.05) is 33.4 Å².